The first-order valence-electron chi connectivity index (χ1n) is 5.60. The van der Waals surface area contributed by atoms with E-state index < -0.39 is 0 Å². The second kappa shape index (κ2) is 6.02. The fourth-order valence-corrected chi connectivity index (χ4v) is 2.03. The van der Waals surface area contributed by atoms with Gasteiger partial charge >= 0.3 is 5.97 Å². The molecule has 1 saturated carbocycles. The van der Waals surface area contributed by atoms with E-state index in [1.54, 1.807) is 0 Å². The van der Waals surface area contributed by atoms with Crippen molar-refractivity contribution in [2.45, 2.75) is 45.1 Å². The lowest BCUT2D eigenvalue weighted by Gasteiger charge is -2.23. The molecule has 0 spiro atoms. The molecule has 0 heterocycles. The molecular weight excluding hydrogens is 178 g/mol. The largest absolute Gasteiger partial charge is 0.466 e. The zero-order valence-electron chi connectivity index (χ0n) is 9.29. The van der Waals surface area contributed by atoms with E-state index in [9.17, 15) is 4.79 Å². The van der Waals surface area contributed by atoms with Crippen LogP contribution in [0, 0.1) is 0 Å². The summed E-state index contributed by atoms with van der Waals surface area (Å²) in [7, 11) is 2.11. The topological polar surface area (TPSA) is 29.5 Å². The van der Waals surface area contributed by atoms with Crippen molar-refractivity contribution in [3.8, 4) is 0 Å². The molecule has 0 amide bonds. The van der Waals surface area contributed by atoms with Crippen LogP contribution in [0.15, 0.2) is 0 Å². The molecule has 0 aromatic heterocycles. The van der Waals surface area contributed by atoms with E-state index in [4.69, 9.17) is 4.74 Å². The van der Waals surface area contributed by atoms with Crippen LogP contribution in [0.2, 0.25) is 0 Å². The highest BCUT2D eigenvalue weighted by atomic mass is 16.5. The van der Waals surface area contributed by atoms with Crippen LogP contribution in [-0.2, 0) is 9.53 Å². The third-order valence-electron chi connectivity index (χ3n) is 2.92. The zero-order chi connectivity index (χ0) is 10.4. The maximum absolute atomic E-state index is 11.1. The van der Waals surface area contributed by atoms with Gasteiger partial charge in [0.25, 0.3) is 0 Å². The van der Waals surface area contributed by atoms with Crippen LogP contribution in [0.3, 0.4) is 0 Å². The van der Waals surface area contributed by atoms with E-state index in [-0.39, 0.29) is 5.97 Å². The molecule has 0 aromatic rings. The first-order chi connectivity index (χ1) is 6.74. The first kappa shape index (κ1) is 11.5. The van der Waals surface area contributed by atoms with E-state index in [0.717, 1.165) is 6.54 Å². The molecule has 3 heteroatoms. The zero-order valence-corrected chi connectivity index (χ0v) is 9.29. The molecule has 3 nitrogen and oxygen atoms in total. The fraction of sp³-hybridized carbons (Fsp3) is 0.909. The summed E-state index contributed by atoms with van der Waals surface area (Å²) in [6.07, 6.45) is 5.79. The predicted octanol–water partition coefficient (Wildman–Crippen LogP) is 1.81. The Balaban J connectivity index is 2.13. The second-order valence-electron chi connectivity index (χ2n) is 3.97. The molecule has 0 atom stereocenters. The summed E-state index contributed by atoms with van der Waals surface area (Å²) in [5, 5.41) is 0. The predicted molar refractivity (Wildman–Crippen MR) is 56.1 cm³/mol. The second-order valence-corrected chi connectivity index (χ2v) is 3.97. The molecule has 0 bridgehead atoms. The van der Waals surface area contributed by atoms with Gasteiger partial charge in [-0.3, -0.25) is 4.79 Å². The Morgan fingerprint density at radius 1 is 1.43 bits per heavy atom. The summed E-state index contributed by atoms with van der Waals surface area (Å²) in [6, 6.07) is 0.699. The van der Waals surface area contributed by atoms with Gasteiger partial charge in [0.1, 0.15) is 0 Å². The monoisotopic (exact) mass is 199 g/mol. The molecule has 0 saturated heterocycles. The average molecular weight is 199 g/mol. The maximum Gasteiger partial charge on any atom is 0.307 e. The minimum Gasteiger partial charge on any atom is -0.466 e. The molecule has 0 aromatic carbocycles. The normalized spacial score (nSPS) is 17.6. The van der Waals surface area contributed by atoms with Crippen LogP contribution < -0.4 is 0 Å². The average Bonchev–Trinajstić information content (AvgIpc) is 2.67. The van der Waals surface area contributed by atoms with E-state index in [2.05, 4.69) is 11.9 Å². The van der Waals surface area contributed by atoms with Gasteiger partial charge in [0.15, 0.2) is 0 Å². The SMILES string of the molecule is CCOC(=O)CCN(C)C1CCCC1. The molecule has 0 unspecified atom stereocenters. The Morgan fingerprint density at radius 2 is 2.07 bits per heavy atom. The summed E-state index contributed by atoms with van der Waals surface area (Å²) in [5.41, 5.74) is 0. The van der Waals surface area contributed by atoms with E-state index in [1.165, 1.54) is 25.7 Å². The highest BCUT2D eigenvalue weighted by Crippen LogP contribution is 2.22. The highest BCUT2D eigenvalue weighted by molar-refractivity contribution is 5.69. The summed E-state index contributed by atoms with van der Waals surface area (Å²) in [5.74, 6) is -0.0719. The summed E-state index contributed by atoms with van der Waals surface area (Å²) in [6.45, 7) is 3.17. The van der Waals surface area contributed by atoms with Crippen molar-refractivity contribution >= 4 is 5.97 Å². The number of hydrogen-bond acceptors (Lipinski definition) is 3. The quantitative estimate of drug-likeness (QED) is 0.632. The van der Waals surface area contributed by atoms with Crippen LogP contribution in [0.1, 0.15) is 39.0 Å². The van der Waals surface area contributed by atoms with Crippen LogP contribution in [0.4, 0.5) is 0 Å². The van der Waals surface area contributed by atoms with Gasteiger partial charge in [0.05, 0.1) is 13.0 Å². The Bertz CT molecular complexity index is 176. The van der Waals surface area contributed by atoms with Gasteiger partial charge in [-0.1, -0.05) is 12.8 Å². The van der Waals surface area contributed by atoms with Crippen molar-refractivity contribution in [3.05, 3.63) is 0 Å². The van der Waals surface area contributed by atoms with Gasteiger partial charge < -0.3 is 9.64 Å². The molecule has 82 valence electrons. The lowest BCUT2D eigenvalue weighted by molar-refractivity contribution is -0.143. The van der Waals surface area contributed by atoms with Crippen molar-refractivity contribution in [3.63, 3.8) is 0 Å². The maximum atomic E-state index is 11.1. The number of ether oxygens (including phenoxy) is 1. The summed E-state index contributed by atoms with van der Waals surface area (Å²) < 4.78 is 4.89. The van der Waals surface area contributed by atoms with E-state index >= 15 is 0 Å². The molecule has 1 aliphatic carbocycles. The molecule has 1 aliphatic rings. The van der Waals surface area contributed by atoms with Gasteiger partial charge in [-0.05, 0) is 26.8 Å². The Labute approximate surface area is 86.4 Å². The lowest BCUT2D eigenvalue weighted by atomic mass is 10.2. The minimum absolute atomic E-state index is 0.0719. The van der Waals surface area contributed by atoms with E-state index in [0.29, 0.717) is 19.1 Å². The lowest BCUT2D eigenvalue weighted by Crippen LogP contribution is -2.31. The van der Waals surface area contributed by atoms with Crippen molar-refractivity contribution in [1.82, 2.24) is 4.90 Å². The number of esters is 1. The van der Waals surface area contributed by atoms with Crippen LogP contribution in [0.25, 0.3) is 0 Å². The molecule has 0 radical (unpaired) electrons. The van der Waals surface area contributed by atoms with Gasteiger partial charge in [-0.15, -0.1) is 0 Å². The molecule has 14 heavy (non-hydrogen) atoms. The number of nitrogens with zero attached hydrogens (tertiary/aromatic N) is 1. The number of carbonyl (C=O) groups excluding carboxylic acids is 1. The Kier molecular flexibility index (Phi) is 4.94. The number of hydrogen-bond donors (Lipinski definition) is 0. The fourth-order valence-electron chi connectivity index (χ4n) is 2.03. The number of carbonyl (C=O) groups is 1. The number of rotatable bonds is 5. The van der Waals surface area contributed by atoms with Gasteiger partial charge in [0.2, 0.25) is 0 Å². The highest BCUT2D eigenvalue weighted by Gasteiger charge is 2.19. The van der Waals surface area contributed by atoms with E-state index in [1.807, 2.05) is 6.92 Å². The van der Waals surface area contributed by atoms with Crippen LogP contribution >= 0.6 is 0 Å². The van der Waals surface area contributed by atoms with Gasteiger partial charge in [0, 0.05) is 12.6 Å². The molecule has 1 rings (SSSR count). The Hall–Kier alpha value is -0.570. The van der Waals surface area contributed by atoms with Crippen molar-refractivity contribution in [2.24, 2.45) is 0 Å². The van der Waals surface area contributed by atoms with Crippen molar-refractivity contribution in [2.75, 3.05) is 20.2 Å². The Morgan fingerprint density at radius 3 is 2.64 bits per heavy atom. The van der Waals surface area contributed by atoms with Gasteiger partial charge in [-0.25, -0.2) is 0 Å². The molecule has 1 fully saturated rings. The van der Waals surface area contributed by atoms with Crippen molar-refractivity contribution < 1.29 is 9.53 Å². The summed E-state index contributed by atoms with van der Waals surface area (Å²) in [4.78, 5) is 13.4. The summed E-state index contributed by atoms with van der Waals surface area (Å²) >= 11 is 0. The third kappa shape index (κ3) is 3.66. The third-order valence-corrected chi connectivity index (χ3v) is 2.92. The van der Waals surface area contributed by atoms with Crippen molar-refractivity contribution in [1.29, 1.82) is 0 Å². The molecule has 0 N–H and O–H groups in total. The first-order valence-corrected chi connectivity index (χ1v) is 5.60. The molecule has 0 aliphatic heterocycles. The minimum atomic E-state index is -0.0719. The van der Waals surface area contributed by atoms with Gasteiger partial charge in [-0.2, -0.15) is 0 Å². The van der Waals surface area contributed by atoms with Crippen LogP contribution in [-0.4, -0.2) is 37.1 Å². The van der Waals surface area contributed by atoms with Crippen LogP contribution in [0.5, 0.6) is 0 Å². The standard InChI is InChI=1S/C11H21NO2/c1-3-14-11(13)8-9-12(2)10-6-4-5-7-10/h10H,3-9H2,1-2H3. The smallest absolute Gasteiger partial charge is 0.307 e. The molecular formula is C11H21NO2.